The van der Waals surface area contributed by atoms with E-state index < -0.39 is 0 Å². The number of nitrogens with zero attached hydrogens (tertiary/aromatic N) is 3. The van der Waals surface area contributed by atoms with Gasteiger partial charge in [-0.15, -0.1) is 0 Å². The van der Waals surface area contributed by atoms with Gasteiger partial charge in [0.15, 0.2) is 5.43 Å². The molecule has 0 N–H and O–H groups in total. The summed E-state index contributed by atoms with van der Waals surface area (Å²) in [5.74, 6) is 0.965. The van der Waals surface area contributed by atoms with E-state index in [-0.39, 0.29) is 11.3 Å². The number of para-hydroxylation sites is 1. The zero-order valence-corrected chi connectivity index (χ0v) is 15.0. The van der Waals surface area contributed by atoms with Gasteiger partial charge in [-0.25, -0.2) is 0 Å². The highest BCUT2D eigenvalue weighted by molar-refractivity contribution is 5.78. The second kappa shape index (κ2) is 7.60. The molecule has 0 aliphatic carbocycles. The second-order valence-corrected chi connectivity index (χ2v) is 7.21. The van der Waals surface area contributed by atoms with Crippen molar-refractivity contribution < 1.29 is 9.21 Å². The molecule has 3 heterocycles. The van der Waals surface area contributed by atoms with Crippen molar-refractivity contribution >= 4 is 16.9 Å². The van der Waals surface area contributed by atoms with Crippen LogP contribution in [0.2, 0.25) is 0 Å². The van der Waals surface area contributed by atoms with Gasteiger partial charge >= 0.3 is 0 Å². The standard InChI is InChI=1S/C20H25N3O3/c24-18-13-16(26-19-6-2-1-5-17(18)19)14-21-9-11-22(12-10-21)15-20(25)23-7-3-4-8-23/h1-2,5-6,13H,3-4,7-12,14-15H2. The Morgan fingerprint density at radius 2 is 1.65 bits per heavy atom. The molecule has 2 saturated heterocycles. The summed E-state index contributed by atoms with van der Waals surface area (Å²) in [6.07, 6.45) is 2.27. The maximum Gasteiger partial charge on any atom is 0.236 e. The fraction of sp³-hybridized carbons (Fsp3) is 0.500. The first-order chi connectivity index (χ1) is 12.7. The quantitative estimate of drug-likeness (QED) is 0.833. The lowest BCUT2D eigenvalue weighted by atomic mass is 10.2. The highest BCUT2D eigenvalue weighted by Crippen LogP contribution is 2.15. The molecule has 4 rings (SSSR count). The van der Waals surface area contributed by atoms with Gasteiger partial charge in [-0.1, -0.05) is 12.1 Å². The molecule has 2 aliphatic rings. The van der Waals surface area contributed by atoms with Crippen LogP contribution in [-0.4, -0.2) is 66.4 Å². The van der Waals surface area contributed by atoms with Gasteiger partial charge in [0.1, 0.15) is 11.3 Å². The highest BCUT2D eigenvalue weighted by atomic mass is 16.3. The molecule has 1 amide bonds. The molecule has 6 nitrogen and oxygen atoms in total. The molecular weight excluding hydrogens is 330 g/mol. The van der Waals surface area contributed by atoms with Gasteiger partial charge in [-0.05, 0) is 25.0 Å². The number of hydrogen-bond acceptors (Lipinski definition) is 5. The molecule has 0 spiro atoms. The number of hydrogen-bond donors (Lipinski definition) is 0. The molecule has 0 radical (unpaired) electrons. The monoisotopic (exact) mass is 355 g/mol. The summed E-state index contributed by atoms with van der Waals surface area (Å²) in [4.78, 5) is 31.0. The Labute approximate surface area is 153 Å². The Bertz CT molecular complexity index is 834. The number of rotatable bonds is 4. The minimum absolute atomic E-state index is 0.0108. The number of carbonyl (C=O) groups is 1. The van der Waals surface area contributed by atoms with E-state index in [1.165, 1.54) is 0 Å². The molecule has 1 aromatic carbocycles. The summed E-state index contributed by atoms with van der Waals surface area (Å²) in [6.45, 7) is 6.49. The van der Waals surface area contributed by atoms with E-state index in [2.05, 4.69) is 9.80 Å². The zero-order valence-electron chi connectivity index (χ0n) is 15.0. The first kappa shape index (κ1) is 17.2. The van der Waals surface area contributed by atoms with Crippen molar-refractivity contribution in [3.8, 4) is 0 Å². The van der Waals surface area contributed by atoms with Gasteiger partial charge in [-0.2, -0.15) is 0 Å². The lowest BCUT2D eigenvalue weighted by Crippen LogP contribution is -2.49. The van der Waals surface area contributed by atoms with Crippen LogP contribution in [0, 0.1) is 0 Å². The summed E-state index contributed by atoms with van der Waals surface area (Å²) in [7, 11) is 0. The van der Waals surface area contributed by atoms with E-state index in [0.717, 1.165) is 52.1 Å². The van der Waals surface area contributed by atoms with Gasteiger partial charge in [-0.3, -0.25) is 19.4 Å². The van der Waals surface area contributed by atoms with Crippen LogP contribution in [0.25, 0.3) is 11.0 Å². The van der Waals surface area contributed by atoms with E-state index in [4.69, 9.17) is 4.42 Å². The van der Waals surface area contributed by atoms with Gasteiger partial charge in [0, 0.05) is 45.3 Å². The Morgan fingerprint density at radius 3 is 2.42 bits per heavy atom. The summed E-state index contributed by atoms with van der Waals surface area (Å²) >= 11 is 0. The van der Waals surface area contributed by atoms with Crippen molar-refractivity contribution in [2.45, 2.75) is 19.4 Å². The minimum Gasteiger partial charge on any atom is -0.459 e. The molecule has 6 heteroatoms. The van der Waals surface area contributed by atoms with E-state index in [0.29, 0.717) is 29.8 Å². The molecule has 2 fully saturated rings. The van der Waals surface area contributed by atoms with Crippen LogP contribution in [-0.2, 0) is 11.3 Å². The van der Waals surface area contributed by atoms with Crippen LogP contribution in [0.3, 0.4) is 0 Å². The van der Waals surface area contributed by atoms with Gasteiger partial charge in [0.05, 0.1) is 18.5 Å². The van der Waals surface area contributed by atoms with Crippen LogP contribution in [0.5, 0.6) is 0 Å². The third-order valence-corrected chi connectivity index (χ3v) is 5.35. The topological polar surface area (TPSA) is 57.0 Å². The molecule has 0 unspecified atom stereocenters. The van der Waals surface area contributed by atoms with Crippen LogP contribution in [0.15, 0.2) is 39.5 Å². The van der Waals surface area contributed by atoms with Gasteiger partial charge in [0.25, 0.3) is 0 Å². The Balaban J connectivity index is 1.32. The number of fused-ring (bicyclic) bond motifs is 1. The molecule has 0 saturated carbocycles. The third-order valence-electron chi connectivity index (χ3n) is 5.35. The van der Waals surface area contributed by atoms with Crippen LogP contribution >= 0.6 is 0 Å². The van der Waals surface area contributed by atoms with Crippen molar-refractivity contribution in [1.29, 1.82) is 0 Å². The molecule has 2 aliphatic heterocycles. The van der Waals surface area contributed by atoms with Crippen molar-refractivity contribution in [2.75, 3.05) is 45.8 Å². The maximum atomic E-state index is 12.3. The van der Waals surface area contributed by atoms with E-state index in [1.54, 1.807) is 12.1 Å². The number of benzene rings is 1. The highest BCUT2D eigenvalue weighted by Gasteiger charge is 2.23. The lowest BCUT2D eigenvalue weighted by molar-refractivity contribution is -0.131. The normalized spacial score (nSPS) is 19.3. The minimum atomic E-state index is 0.0108. The summed E-state index contributed by atoms with van der Waals surface area (Å²) in [5, 5.41) is 0.626. The predicted octanol–water partition coefficient (Wildman–Crippen LogP) is 1.53. The lowest BCUT2D eigenvalue weighted by Gasteiger charge is -2.34. The predicted molar refractivity (Wildman–Crippen MR) is 100 cm³/mol. The SMILES string of the molecule is O=C(CN1CCN(Cc2cc(=O)c3ccccc3o2)CC1)N1CCCC1. The van der Waals surface area contributed by atoms with Gasteiger partial charge in [0.2, 0.25) is 5.91 Å². The third kappa shape index (κ3) is 3.81. The van der Waals surface area contributed by atoms with E-state index in [9.17, 15) is 9.59 Å². The fourth-order valence-electron chi connectivity index (χ4n) is 3.82. The van der Waals surface area contributed by atoms with E-state index >= 15 is 0 Å². The van der Waals surface area contributed by atoms with Crippen LogP contribution < -0.4 is 5.43 Å². The largest absolute Gasteiger partial charge is 0.459 e. The molecule has 2 aromatic rings. The van der Waals surface area contributed by atoms with Crippen molar-refractivity contribution in [1.82, 2.24) is 14.7 Å². The average molecular weight is 355 g/mol. The zero-order chi connectivity index (χ0) is 17.9. The second-order valence-electron chi connectivity index (χ2n) is 7.21. The summed E-state index contributed by atoms with van der Waals surface area (Å²) in [5.41, 5.74) is 0.654. The number of amides is 1. The number of carbonyl (C=O) groups excluding carboxylic acids is 1. The van der Waals surface area contributed by atoms with Crippen molar-refractivity contribution in [2.24, 2.45) is 0 Å². The van der Waals surface area contributed by atoms with E-state index in [1.807, 2.05) is 23.1 Å². The molecule has 0 atom stereocenters. The molecular formula is C20H25N3O3. The molecule has 26 heavy (non-hydrogen) atoms. The van der Waals surface area contributed by atoms with Crippen molar-refractivity contribution in [3.05, 3.63) is 46.3 Å². The van der Waals surface area contributed by atoms with Crippen LogP contribution in [0.1, 0.15) is 18.6 Å². The molecule has 1 aromatic heterocycles. The Morgan fingerprint density at radius 1 is 0.962 bits per heavy atom. The van der Waals surface area contributed by atoms with Crippen molar-refractivity contribution in [3.63, 3.8) is 0 Å². The molecule has 0 bridgehead atoms. The number of piperazine rings is 1. The first-order valence-corrected chi connectivity index (χ1v) is 9.43. The average Bonchev–Trinajstić information content (AvgIpc) is 3.18. The first-order valence-electron chi connectivity index (χ1n) is 9.43. The fourth-order valence-corrected chi connectivity index (χ4v) is 3.82. The smallest absolute Gasteiger partial charge is 0.236 e. The van der Waals surface area contributed by atoms with Crippen LogP contribution in [0.4, 0.5) is 0 Å². The maximum absolute atomic E-state index is 12.3. The Kier molecular flexibility index (Phi) is 5.04. The molecule has 138 valence electrons. The summed E-state index contributed by atoms with van der Waals surface area (Å²) < 4.78 is 5.89. The van der Waals surface area contributed by atoms with Gasteiger partial charge < -0.3 is 9.32 Å². The Hall–Kier alpha value is -2.18. The number of likely N-dealkylation sites (tertiary alicyclic amines) is 1. The summed E-state index contributed by atoms with van der Waals surface area (Å²) in [6, 6.07) is 8.96.